The third-order valence-corrected chi connectivity index (χ3v) is 2.76. The van der Waals surface area contributed by atoms with Gasteiger partial charge in [0, 0.05) is 6.42 Å². The summed E-state index contributed by atoms with van der Waals surface area (Å²) in [5.74, 6) is -0.136. The van der Waals surface area contributed by atoms with Gasteiger partial charge in [-0.15, -0.1) is 0 Å². The van der Waals surface area contributed by atoms with Crippen LogP contribution in [0.1, 0.15) is 18.4 Å². The van der Waals surface area contributed by atoms with Gasteiger partial charge in [-0.2, -0.15) is 0 Å². The van der Waals surface area contributed by atoms with Gasteiger partial charge in [0.2, 0.25) is 5.91 Å². The number of cyclic esters (lactones) is 1. The van der Waals surface area contributed by atoms with Crippen LogP contribution in [0.2, 0.25) is 0 Å². The maximum Gasteiger partial charge on any atom is 0.416 e. The second-order valence-corrected chi connectivity index (χ2v) is 4.00. The normalized spacial score (nSPS) is 14.8. The number of amides is 2. The van der Waals surface area contributed by atoms with Crippen molar-refractivity contribution in [3.8, 4) is 0 Å². The monoisotopic (exact) mass is 233 g/mol. The minimum Gasteiger partial charge on any atom is -0.447 e. The summed E-state index contributed by atoms with van der Waals surface area (Å²) in [7, 11) is 0. The van der Waals surface area contributed by atoms with E-state index < -0.39 is 6.09 Å². The van der Waals surface area contributed by atoms with Crippen molar-refractivity contribution in [3.05, 3.63) is 35.9 Å². The lowest BCUT2D eigenvalue weighted by Crippen LogP contribution is -2.31. The summed E-state index contributed by atoms with van der Waals surface area (Å²) >= 11 is 0. The van der Waals surface area contributed by atoms with Crippen LogP contribution in [0.15, 0.2) is 30.3 Å². The molecule has 4 heteroatoms. The molecule has 1 saturated heterocycles. The molecule has 1 aromatic carbocycles. The predicted octanol–water partition coefficient (Wildman–Crippen LogP) is 1.99. The average Bonchev–Trinajstić information content (AvgIpc) is 2.77. The lowest BCUT2D eigenvalue weighted by Gasteiger charge is -2.10. The molecule has 0 atom stereocenters. The first kappa shape index (κ1) is 11.6. The Morgan fingerprint density at radius 3 is 2.71 bits per heavy atom. The standard InChI is InChI=1S/C13H15NO3/c15-12(14-9-10-17-13(14)16)8-4-7-11-5-2-1-3-6-11/h1-3,5-6H,4,7-10H2. The van der Waals surface area contributed by atoms with Crippen molar-refractivity contribution in [3.63, 3.8) is 0 Å². The molecule has 0 aromatic heterocycles. The Kier molecular flexibility index (Phi) is 3.75. The van der Waals surface area contributed by atoms with E-state index >= 15 is 0 Å². The molecule has 1 aromatic rings. The van der Waals surface area contributed by atoms with Crippen LogP contribution in [-0.2, 0) is 16.0 Å². The number of nitrogens with zero attached hydrogens (tertiary/aromatic N) is 1. The molecule has 1 heterocycles. The summed E-state index contributed by atoms with van der Waals surface area (Å²) in [5.41, 5.74) is 1.21. The number of aryl methyl sites for hydroxylation is 1. The highest BCUT2D eigenvalue weighted by Gasteiger charge is 2.27. The maximum absolute atomic E-state index is 11.7. The summed E-state index contributed by atoms with van der Waals surface area (Å²) < 4.78 is 4.72. The quantitative estimate of drug-likeness (QED) is 0.799. The average molecular weight is 233 g/mol. The molecule has 2 amide bonds. The highest BCUT2D eigenvalue weighted by atomic mass is 16.6. The summed E-state index contributed by atoms with van der Waals surface area (Å²) in [4.78, 5) is 24.0. The lowest BCUT2D eigenvalue weighted by atomic mass is 10.1. The number of imide groups is 1. The molecule has 0 radical (unpaired) electrons. The van der Waals surface area contributed by atoms with Crippen molar-refractivity contribution >= 4 is 12.0 Å². The van der Waals surface area contributed by atoms with Crippen molar-refractivity contribution in [2.45, 2.75) is 19.3 Å². The smallest absolute Gasteiger partial charge is 0.416 e. The van der Waals surface area contributed by atoms with Gasteiger partial charge < -0.3 is 4.74 Å². The molecule has 0 saturated carbocycles. The van der Waals surface area contributed by atoms with Gasteiger partial charge in [0.05, 0.1) is 6.54 Å². The first-order valence-electron chi connectivity index (χ1n) is 5.78. The summed E-state index contributed by atoms with van der Waals surface area (Å²) in [5, 5.41) is 0. The minimum atomic E-state index is -0.505. The van der Waals surface area contributed by atoms with Gasteiger partial charge in [-0.1, -0.05) is 30.3 Å². The highest BCUT2D eigenvalue weighted by molar-refractivity contribution is 5.92. The van der Waals surface area contributed by atoms with Crippen LogP contribution in [0, 0.1) is 0 Å². The summed E-state index contributed by atoms with van der Waals surface area (Å²) in [6, 6.07) is 10.0. The predicted molar refractivity (Wildman–Crippen MR) is 62.4 cm³/mol. The zero-order chi connectivity index (χ0) is 12.1. The largest absolute Gasteiger partial charge is 0.447 e. The van der Waals surface area contributed by atoms with Gasteiger partial charge in [0.1, 0.15) is 6.61 Å². The molecule has 0 N–H and O–H groups in total. The fourth-order valence-corrected chi connectivity index (χ4v) is 1.84. The molecule has 1 aliphatic heterocycles. The van der Waals surface area contributed by atoms with Crippen LogP contribution in [0.5, 0.6) is 0 Å². The van der Waals surface area contributed by atoms with E-state index in [0.29, 0.717) is 19.6 Å². The number of rotatable bonds is 4. The fraction of sp³-hybridized carbons (Fsp3) is 0.385. The van der Waals surface area contributed by atoms with E-state index in [1.165, 1.54) is 10.5 Å². The minimum absolute atomic E-state index is 0.136. The van der Waals surface area contributed by atoms with Crippen molar-refractivity contribution in [1.82, 2.24) is 4.90 Å². The van der Waals surface area contributed by atoms with Gasteiger partial charge >= 0.3 is 6.09 Å². The molecule has 1 aliphatic rings. The molecule has 0 unspecified atom stereocenters. The second kappa shape index (κ2) is 5.48. The fourth-order valence-electron chi connectivity index (χ4n) is 1.84. The first-order chi connectivity index (χ1) is 8.27. The van der Waals surface area contributed by atoms with Crippen LogP contribution >= 0.6 is 0 Å². The molecular weight excluding hydrogens is 218 g/mol. The van der Waals surface area contributed by atoms with E-state index in [-0.39, 0.29) is 5.91 Å². The highest BCUT2D eigenvalue weighted by Crippen LogP contribution is 2.09. The zero-order valence-electron chi connectivity index (χ0n) is 9.59. The third kappa shape index (κ3) is 3.06. The Balaban J connectivity index is 1.75. The van der Waals surface area contributed by atoms with Gasteiger partial charge in [0.15, 0.2) is 0 Å². The topological polar surface area (TPSA) is 46.6 Å². The second-order valence-electron chi connectivity index (χ2n) is 4.00. The van der Waals surface area contributed by atoms with Crippen LogP contribution in [-0.4, -0.2) is 30.1 Å². The number of hydrogen-bond donors (Lipinski definition) is 0. The molecule has 4 nitrogen and oxygen atoms in total. The van der Waals surface area contributed by atoms with E-state index in [9.17, 15) is 9.59 Å². The van der Waals surface area contributed by atoms with Gasteiger partial charge in [-0.05, 0) is 18.4 Å². The molecule has 0 spiro atoms. The van der Waals surface area contributed by atoms with Crippen molar-refractivity contribution < 1.29 is 14.3 Å². The Morgan fingerprint density at radius 1 is 1.29 bits per heavy atom. The molecule has 0 bridgehead atoms. The maximum atomic E-state index is 11.7. The SMILES string of the molecule is O=C(CCCc1ccccc1)N1CCOC1=O. The number of carbonyl (C=O) groups excluding carboxylic acids is 2. The number of benzene rings is 1. The zero-order valence-corrected chi connectivity index (χ0v) is 9.59. The van der Waals surface area contributed by atoms with Crippen molar-refractivity contribution in [2.75, 3.05) is 13.2 Å². The molecule has 2 rings (SSSR count). The van der Waals surface area contributed by atoms with Gasteiger partial charge in [0.25, 0.3) is 0 Å². The Morgan fingerprint density at radius 2 is 2.06 bits per heavy atom. The van der Waals surface area contributed by atoms with E-state index in [1.54, 1.807) is 0 Å². The third-order valence-electron chi connectivity index (χ3n) is 2.76. The number of carbonyl (C=O) groups is 2. The molecular formula is C13H15NO3. The number of hydrogen-bond acceptors (Lipinski definition) is 3. The van der Waals surface area contributed by atoms with Gasteiger partial charge in [-0.25, -0.2) is 9.69 Å². The van der Waals surface area contributed by atoms with E-state index in [4.69, 9.17) is 4.74 Å². The van der Waals surface area contributed by atoms with Crippen LogP contribution < -0.4 is 0 Å². The number of ether oxygens (including phenoxy) is 1. The Labute approximate surface area is 100 Å². The van der Waals surface area contributed by atoms with Crippen molar-refractivity contribution in [1.29, 1.82) is 0 Å². The van der Waals surface area contributed by atoms with E-state index in [0.717, 1.165) is 12.8 Å². The van der Waals surface area contributed by atoms with E-state index in [2.05, 4.69) is 0 Å². The van der Waals surface area contributed by atoms with Crippen LogP contribution in [0.4, 0.5) is 4.79 Å². The van der Waals surface area contributed by atoms with Crippen molar-refractivity contribution in [2.24, 2.45) is 0 Å². The first-order valence-corrected chi connectivity index (χ1v) is 5.78. The summed E-state index contributed by atoms with van der Waals surface area (Å²) in [6.45, 7) is 0.715. The molecule has 90 valence electrons. The molecule has 1 fully saturated rings. The Hall–Kier alpha value is -1.84. The van der Waals surface area contributed by atoms with Crippen LogP contribution in [0.25, 0.3) is 0 Å². The van der Waals surface area contributed by atoms with E-state index in [1.807, 2.05) is 30.3 Å². The Bertz CT molecular complexity index is 402. The molecule has 17 heavy (non-hydrogen) atoms. The lowest BCUT2D eigenvalue weighted by molar-refractivity contribution is -0.127. The molecule has 0 aliphatic carbocycles. The van der Waals surface area contributed by atoms with Crippen LogP contribution in [0.3, 0.4) is 0 Å². The summed E-state index contributed by atoms with van der Waals surface area (Å²) in [6.07, 6.45) is 1.50. The van der Waals surface area contributed by atoms with Gasteiger partial charge in [-0.3, -0.25) is 4.79 Å².